The number of imidazole rings is 1. The number of nitrogens with zero attached hydrogens (tertiary/aromatic N) is 2. The fourth-order valence-electron chi connectivity index (χ4n) is 3.74. The molecule has 0 bridgehead atoms. The van der Waals surface area contributed by atoms with Gasteiger partial charge in [-0.1, -0.05) is 42.0 Å². The van der Waals surface area contributed by atoms with Crippen LogP contribution in [0.2, 0.25) is 0 Å². The number of aromatic nitrogens is 2. The van der Waals surface area contributed by atoms with Crippen molar-refractivity contribution in [1.29, 1.82) is 5.41 Å². The molecule has 152 valence electrons. The molecule has 1 aliphatic rings. The second kappa shape index (κ2) is 8.68. The smallest absolute Gasteiger partial charge is 0.199 e. The Morgan fingerprint density at radius 2 is 1.86 bits per heavy atom. The first-order valence-corrected chi connectivity index (χ1v) is 8.91. The Kier molecular flexibility index (Phi) is 6.72. The molecule has 0 spiro atoms. The first kappa shape index (κ1) is 22.5. The Morgan fingerprint density at radius 1 is 1.10 bits per heavy atom. The van der Waals surface area contributed by atoms with Gasteiger partial charge in [0.25, 0.3) is 0 Å². The predicted octanol–water partition coefficient (Wildman–Crippen LogP) is 4.47. The van der Waals surface area contributed by atoms with E-state index in [1.165, 1.54) is 5.56 Å². The van der Waals surface area contributed by atoms with E-state index in [9.17, 15) is 0 Å². The first-order valence-electron chi connectivity index (χ1n) is 8.91. The van der Waals surface area contributed by atoms with Crippen molar-refractivity contribution in [2.45, 2.75) is 26.7 Å². The number of amidine groups is 1. The van der Waals surface area contributed by atoms with Crippen molar-refractivity contribution in [3.8, 4) is 11.3 Å². The van der Waals surface area contributed by atoms with E-state index in [4.69, 9.17) is 21.9 Å². The van der Waals surface area contributed by atoms with Crippen molar-refractivity contribution in [3.63, 3.8) is 0 Å². The summed E-state index contributed by atoms with van der Waals surface area (Å²) in [5.74, 6) is 1.10. The monoisotopic (exact) mass is 430 g/mol. The van der Waals surface area contributed by atoms with Crippen molar-refractivity contribution < 1.29 is 0 Å². The number of halogens is 2. The minimum Gasteiger partial charge on any atom is -0.384 e. The van der Waals surface area contributed by atoms with Crippen LogP contribution in [-0.4, -0.2) is 21.5 Å². The van der Waals surface area contributed by atoms with Crippen molar-refractivity contribution in [2.75, 3.05) is 5.73 Å². The molecule has 0 aliphatic heterocycles. The number of benzene rings is 2. The highest BCUT2D eigenvalue weighted by atomic mass is 35.5. The van der Waals surface area contributed by atoms with E-state index in [-0.39, 0.29) is 30.6 Å². The number of rotatable bonds is 3. The molecule has 3 aromatic rings. The van der Waals surface area contributed by atoms with Crippen LogP contribution in [-0.2, 0) is 6.42 Å². The molecular formula is C21H24Cl2N6. The van der Waals surface area contributed by atoms with Gasteiger partial charge in [0.1, 0.15) is 11.5 Å². The van der Waals surface area contributed by atoms with Crippen LogP contribution in [0, 0.1) is 19.3 Å². The highest BCUT2D eigenvalue weighted by molar-refractivity contribution is 6.09. The minimum absolute atomic E-state index is 0. The fraction of sp³-hybridized carbons (Fsp3) is 0.190. The maximum atomic E-state index is 7.79. The molecule has 6 nitrogen and oxygen atoms in total. The topological polar surface area (TPSA) is 117 Å². The molecule has 2 aromatic carbocycles. The lowest BCUT2D eigenvalue weighted by Gasteiger charge is -2.07. The zero-order valence-electron chi connectivity index (χ0n) is 16.2. The van der Waals surface area contributed by atoms with Crippen molar-refractivity contribution >= 4 is 48.1 Å². The molecular weight excluding hydrogens is 407 g/mol. The van der Waals surface area contributed by atoms with Gasteiger partial charge in [-0.3, -0.25) is 5.41 Å². The molecule has 8 heteroatoms. The van der Waals surface area contributed by atoms with E-state index < -0.39 is 0 Å². The average Bonchev–Trinajstić information content (AvgIpc) is 3.18. The summed E-state index contributed by atoms with van der Waals surface area (Å²) in [4.78, 5) is 12.4. The van der Waals surface area contributed by atoms with Crippen LogP contribution in [0.3, 0.4) is 0 Å². The molecule has 0 radical (unpaired) electrons. The van der Waals surface area contributed by atoms with Crippen LogP contribution in [0.15, 0.2) is 41.4 Å². The van der Waals surface area contributed by atoms with Gasteiger partial charge in [-0.15, -0.1) is 24.8 Å². The number of nitrogen functional groups attached to an aromatic ring is 2. The van der Waals surface area contributed by atoms with Crippen LogP contribution in [0.5, 0.6) is 0 Å². The molecule has 0 saturated carbocycles. The molecule has 1 aromatic heterocycles. The summed E-state index contributed by atoms with van der Waals surface area (Å²) in [6.45, 7) is 4.13. The second-order valence-electron chi connectivity index (χ2n) is 6.94. The van der Waals surface area contributed by atoms with Crippen LogP contribution >= 0.6 is 24.8 Å². The zero-order valence-corrected chi connectivity index (χ0v) is 17.9. The number of nitrogens with one attached hydrogen (secondary N) is 2. The highest BCUT2D eigenvalue weighted by Crippen LogP contribution is 2.34. The number of aryl methyl sites for hydroxylation is 2. The van der Waals surface area contributed by atoms with Crippen molar-refractivity contribution in [3.05, 3.63) is 64.2 Å². The normalized spacial score (nSPS) is 13.5. The second-order valence-corrected chi connectivity index (χ2v) is 6.94. The molecule has 0 unspecified atom stereocenters. The maximum absolute atomic E-state index is 7.79. The van der Waals surface area contributed by atoms with Gasteiger partial charge in [-0.2, -0.15) is 0 Å². The lowest BCUT2D eigenvalue weighted by molar-refractivity contribution is 1.08. The molecule has 29 heavy (non-hydrogen) atoms. The standard InChI is InChI=1S/C21H22N6.2ClH/c1-11-6-7-13(12(2)10-11)18-20(27-21(24)26-18)25-17-9-8-14-15(17)4-3-5-16(14)19(22)23;;/h3-7,10H,8-9H2,1-2H3,(H3,22,23)(H3,24,26,27);2*1H. The molecule has 1 aliphatic carbocycles. The highest BCUT2D eigenvalue weighted by Gasteiger charge is 2.23. The third kappa shape index (κ3) is 4.13. The Bertz CT molecular complexity index is 1100. The van der Waals surface area contributed by atoms with E-state index in [2.05, 4.69) is 42.0 Å². The summed E-state index contributed by atoms with van der Waals surface area (Å²) in [6.07, 6.45) is 1.62. The summed E-state index contributed by atoms with van der Waals surface area (Å²) in [5, 5.41) is 7.79. The number of hydrogen-bond acceptors (Lipinski definition) is 4. The molecule has 0 saturated heterocycles. The number of nitrogens with two attached hydrogens (primary N) is 2. The van der Waals surface area contributed by atoms with Crippen LogP contribution in [0.1, 0.15) is 34.2 Å². The molecule has 1 heterocycles. The summed E-state index contributed by atoms with van der Waals surface area (Å²) in [6, 6.07) is 12.1. The zero-order chi connectivity index (χ0) is 19.1. The molecule has 0 fully saturated rings. The quantitative estimate of drug-likeness (QED) is 0.362. The van der Waals surface area contributed by atoms with Gasteiger partial charge in [-0.25, -0.2) is 9.98 Å². The number of anilines is 1. The van der Waals surface area contributed by atoms with Crippen molar-refractivity contribution in [2.24, 2.45) is 10.7 Å². The molecule has 4 rings (SSSR count). The van der Waals surface area contributed by atoms with Crippen LogP contribution < -0.4 is 11.5 Å². The van der Waals surface area contributed by atoms with Crippen LogP contribution in [0.25, 0.3) is 11.3 Å². The number of aromatic amines is 1. The maximum Gasteiger partial charge on any atom is 0.199 e. The molecule has 0 amide bonds. The van der Waals surface area contributed by atoms with Crippen molar-refractivity contribution in [1.82, 2.24) is 9.97 Å². The number of H-pyrrole nitrogens is 1. The predicted molar refractivity (Wildman–Crippen MR) is 124 cm³/mol. The van der Waals surface area contributed by atoms with Gasteiger partial charge >= 0.3 is 0 Å². The van der Waals surface area contributed by atoms with Crippen LogP contribution in [0.4, 0.5) is 11.8 Å². The van der Waals surface area contributed by atoms with Gasteiger partial charge in [0.05, 0.1) is 5.71 Å². The molecule has 6 N–H and O–H groups in total. The fourth-order valence-corrected chi connectivity index (χ4v) is 3.74. The molecule has 0 atom stereocenters. The summed E-state index contributed by atoms with van der Waals surface area (Å²) in [7, 11) is 0. The van der Waals surface area contributed by atoms with E-state index >= 15 is 0 Å². The SMILES string of the molecule is Cc1ccc(-c2nc(N)[nH]c2N=C2CCc3c(C(=N)N)cccc32)c(C)c1.Cl.Cl. The summed E-state index contributed by atoms with van der Waals surface area (Å²) >= 11 is 0. The van der Waals surface area contributed by atoms with E-state index in [0.29, 0.717) is 11.8 Å². The van der Waals surface area contributed by atoms with Gasteiger partial charge in [0.15, 0.2) is 11.8 Å². The van der Waals surface area contributed by atoms with Gasteiger partial charge in [0.2, 0.25) is 0 Å². The van der Waals surface area contributed by atoms with Gasteiger partial charge in [0, 0.05) is 11.1 Å². The van der Waals surface area contributed by atoms with E-state index in [1.807, 2.05) is 18.2 Å². The minimum atomic E-state index is 0. The summed E-state index contributed by atoms with van der Waals surface area (Å²) in [5.41, 5.74) is 19.7. The Hall–Kier alpha value is -2.83. The Labute approximate surface area is 182 Å². The summed E-state index contributed by atoms with van der Waals surface area (Å²) < 4.78 is 0. The van der Waals surface area contributed by atoms with E-state index in [0.717, 1.165) is 52.1 Å². The van der Waals surface area contributed by atoms with Gasteiger partial charge in [-0.05, 0) is 43.4 Å². The number of aliphatic imine (C=N–C) groups is 1. The largest absolute Gasteiger partial charge is 0.384 e. The number of hydrogen-bond donors (Lipinski definition) is 4. The van der Waals surface area contributed by atoms with E-state index in [1.54, 1.807) is 0 Å². The Balaban J connectivity index is 0.00000150. The number of fused-ring (bicyclic) bond motifs is 1. The lowest BCUT2D eigenvalue weighted by Crippen LogP contribution is -2.13. The first-order chi connectivity index (χ1) is 12.9. The lowest BCUT2D eigenvalue weighted by atomic mass is 10.0. The third-order valence-electron chi connectivity index (χ3n) is 4.98. The third-order valence-corrected chi connectivity index (χ3v) is 4.98. The van der Waals surface area contributed by atoms with Gasteiger partial charge < -0.3 is 16.5 Å². The average molecular weight is 431 g/mol. The Morgan fingerprint density at radius 3 is 2.55 bits per heavy atom.